The molecule has 3 amide bonds. The summed E-state index contributed by atoms with van der Waals surface area (Å²) in [6.07, 6.45) is 6.06. The molecule has 0 bridgehead atoms. The van der Waals surface area contributed by atoms with Crippen molar-refractivity contribution in [2.75, 3.05) is 22.5 Å². The molecule has 214 valence electrons. The van der Waals surface area contributed by atoms with E-state index in [9.17, 15) is 18.8 Å². The molecule has 0 aromatic heterocycles. The van der Waals surface area contributed by atoms with Gasteiger partial charge in [-0.05, 0) is 73.0 Å². The number of fused-ring (bicyclic) bond motifs is 1. The Hall–Kier alpha value is -4.18. The van der Waals surface area contributed by atoms with Gasteiger partial charge in [0.05, 0.1) is 11.3 Å². The number of nitrogens with zero attached hydrogens (tertiary/aromatic N) is 2. The number of aryl methyl sites for hydroxylation is 1. The number of halogens is 1. The number of carbonyl (C=O) groups excluding carboxylic acids is 2. The predicted molar refractivity (Wildman–Crippen MR) is 160 cm³/mol. The van der Waals surface area contributed by atoms with E-state index in [-0.39, 0.29) is 17.2 Å². The SMILES string of the molecule is CCCCCCCN1C(=O)/C(=N\NC(=O)Nc2ccc(F)cc2)c2cc(SCCc3ccc(C(=O)O)cc3)ccc21. The highest BCUT2D eigenvalue weighted by molar-refractivity contribution is 7.99. The Morgan fingerprint density at radius 3 is 2.41 bits per heavy atom. The average molecular weight is 577 g/mol. The fourth-order valence-electron chi connectivity index (χ4n) is 4.49. The van der Waals surface area contributed by atoms with Gasteiger partial charge >= 0.3 is 12.0 Å². The van der Waals surface area contributed by atoms with E-state index in [1.54, 1.807) is 28.8 Å². The summed E-state index contributed by atoms with van der Waals surface area (Å²) in [6.45, 7) is 2.72. The number of benzene rings is 3. The van der Waals surface area contributed by atoms with E-state index >= 15 is 0 Å². The van der Waals surface area contributed by atoms with E-state index in [0.29, 0.717) is 17.8 Å². The fraction of sp³-hybridized carbons (Fsp3) is 0.290. The van der Waals surface area contributed by atoms with Gasteiger partial charge in [0.25, 0.3) is 5.91 Å². The van der Waals surface area contributed by atoms with E-state index in [0.717, 1.165) is 60.4 Å². The second-order valence-corrected chi connectivity index (χ2v) is 10.9. The van der Waals surface area contributed by atoms with E-state index in [1.807, 2.05) is 30.3 Å². The molecular weight excluding hydrogens is 543 g/mol. The Morgan fingerprint density at radius 1 is 0.976 bits per heavy atom. The number of nitrogens with one attached hydrogen (secondary N) is 2. The molecule has 10 heteroatoms. The Kier molecular flexibility index (Phi) is 10.5. The van der Waals surface area contributed by atoms with Crippen LogP contribution in [-0.2, 0) is 11.2 Å². The summed E-state index contributed by atoms with van der Waals surface area (Å²) in [5.41, 5.74) is 5.67. The van der Waals surface area contributed by atoms with Crippen molar-refractivity contribution in [3.05, 3.63) is 89.2 Å². The monoisotopic (exact) mass is 576 g/mol. The molecule has 0 saturated carbocycles. The molecule has 1 heterocycles. The standard InChI is InChI=1S/C31H33FN4O4S/c1-2-3-4-5-6-18-36-27-16-15-25(41-19-17-21-7-9-22(10-8-21)30(38)39)20-26(27)28(29(36)37)34-35-31(40)33-24-13-11-23(32)12-14-24/h7-16,20H,2-6,17-19H2,1H3,(H,38,39)(H2,33,35,40)/b34-28-. The van der Waals surface area contributed by atoms with Crippen LogP contribution < -0.4 is 15.6 Å². The van der Waals surface area contributed by atoms with Crippen LogP contribution in [0.2, 0.25) is 0 Å². The van der Waals surface area contributed by atoms with Gasteiger partial charge in [-0.15, -0.1) is 11.8 Å². The van der Waals surface area contributed by atoms with Gasteiger partial charge in [-0.3, -0.25) is 4.79 Å². The largest absolute Gasteiger partial charge is 0.478 e. The second kappa shape index (κ2) is 14.5. The number of anilines is 2. The van der Waals surface area contributed by atoms with Crippen molar-refractivity contribution in [3.8, 4) is 0 Å². The lowest BCUT2D eigenvalue weighted by atomic mass is 10.1. The third kappa shape index (κ3) is 8.17. The highest BCUT2D eigenvalue weighted by Crippen LogP contribution is 2.34. The van der Waals surface area contributed by atoms with Gasteiger partial charge in [-0.2, -0.15) is 5.10 Å². The van der Waals surface area contributed by atoms with Gasteiger partial charge in [-0.25, -0.2) is 19.4 Å². The van der Waals surface area contributed by atoms with E-state index in [1.165, 1.54) is 24.3 Å². The smallest absolute Gasteiger partial charge is 0.339 e. The summed E-state index contributed by atoms with van der Waals surface area (Å²) in [5.74, 6) is -0.874. The van der Waals surface area contributed by atoms with Crippen LogP contribution in [0.4, 0.5) is 20.6 Å². The summed E-state index contributed by atoms with van der Waals surface area (Å²) in [5, 5.41) is 15.8. The molecule has 0 radical (unpaired) electrons. The molecule has 3 aromatic rings. The van der Waals surface area contributed by atoms with Crippen molar-refractivity contribution >= 4 is 46.8 Å². The Balaban J connectivity index is 1.46. The second-order valence-electron chi connectivity index (χ2n) is 9.68. The van der Waals surface area contributed by atoms with Crippen LogP contribution in [0.1, 0.15) is 60.5 Å². The van der Waals surface area contributed by atoms with Gasteiger partial charge in [0, 0.05) is 28.4 Å². The van der Waals surface area contributed by atoms with Gasteiger partial charge in [-0.1, -0.05) is 44.7 Å². The zero-order valence-electron chi connectivity index (χ0n) is 22.9. The molecule has 8 nitrogen and oxygen atoms in total. The Morgan fingerprint density at radius 2 is 1.71 bits per heavy atom. The number of unbranched alkanes of at least 4 members (excludes halogenated alkanes) is 4. The highest BCUT2D eigenvalue weighted by Gasteiger charge is 2.34. The first-order chi connectivity index (χ1) is 19.9. The average Bonchev–Trinajstić information content (AvgIpc) is 3.22. The third-order valence-electron chi connectivity index (χ3n) is 6.68. The van der Waals surface area contributed by atoms with Crippen LogP contribution in [0.3, 0.4) is 0 Å². The number of carboxylic acids is 1. The quantitative estimate of drug-likeness (QED) is 0.119. The maximum absolute atomic E-state index is 13.4. The van der Waals surface area contributed by atoms with Crippen molar-refractivity contribution < 1.29 is 23.9 Å². The predicted octanol–water partition coefficient (Wildman–Crippen LogP) is 6.70. The molecule has 41 heavy (non-hydrogen) atoms. The first-order valence-corrected chi connectivity index (χ1v) is 14.7. The molecule has 0 atom stereocenters. The number of aromatic carboxylic acids is 1. The first-order valence-electron chi connectivity index (χ1n) is 13.7. The molecule has 1 aliphatic rings. The minimum Gasteiger partial charge on any atom is -0.478 e. The van der Waals surface area contributed by atoms with E-state index in [2.05, 4.69) is 22.8 Å². The van der Waals surface area contributed by atoms with Gasteiger partial charge in [0.15, 0.2) is 5.71 Å². The van der Waals surface area contributed by atoms with Crippen LogP contribution in [0.5, 0.6) is 0 Å². The maximum atomic E-state index is 13.4. The number of amides is 3. The zero-order chi connectivity index (χ0) is 29.2. The van der Waals surface area contributed by atoms with Crippen LogP contribution in [0.25, 0.3) is 0 Å². The molecule has 0 spiro atoms. The van der Waals surface area contributed by atoms with Gasteiger partial charge in [0.2, 0.25) is 0 Å². The normalized spacial score (nSPS) is 13.4. The topological polar surface area (TPSA) is 111 Å². The summed E-state index contributed by atoms with van der Waals surface area (Å²) in [7, 11) is 0. The lowest BCUT2D eigenvalue weighted by molar-refractivity contribution is -0.112. The molecule has 0 unspecified atom stereocenters. The van der Waals surface area contributed by atoms with Crippen molar-refractivity contribution in [2.24, 2.45) is 5.10 Å². The molecule has 3 aromatic carbocycles. The van der Waals surface area contributed by atoms with Crippen molar-refractivity contribution in [2.45, 2.75) is 50.3 Å². The lowest BCUT2D eigenvalue weighted by Gasteiger charge is -2.17. The molecule has 0 fully saturated rings. The van der Waals surface area contributed by atoms with Crippen LogP contribution in [-0.4, -0.2) is 41.0 Å². The number of carbonyl (C=O) groups is 3. The van der Waals surface area contributed by atoms with Crippen molar-refractivity contribution in [1.29, 1.82) is 0 Å². The van der Waals surface area contributed by atoms with Gasteiger partial charge < -0.3 is 15.3 Å². The number of rotatable bonds is 13. The number of thioether (sulfide) groups is 1. The molecule has 1 aliphatic heterocycles. The summed E-state index contributed by atoms with van der Waals surface area (Å²) in [4.78, 5) is 39.6. The van der Waals surface area contributed by atoms with Crippen LogP contribution >= 0.6 is 11.8 Å². The number of carboxylic acid groups (broad SMARTS) is 1. The number of urea groups is 1. The summed E-state index contributed by atoms with van der Waals surface area (Å²) >= 11 is 1.62. The molecule has 0 saturated heterocycles. The zero-order valence-corrected chi connectivity index (χ0v) is 23.7. The van der Waals surface area contributed by atoms with Crippen LogP contribution in [0, 0.1) is 5.82 Å². The minimum atomic E-state index is -0.950. The van der Waals surface area contributed by atoms with Gasteiger partial charge in [0.1, 0.15) is 5.82 Å². The molecule has 3 N–H and O–H groups in total. The molecular formula is C31H33FN4O4S. The number of hydrogen-bond donors (Lipinski definition) is 3. The van der Waals surface area contributed by atoms with E-state index in [4.69, 9.17) is 5.11 Å². The Labute approximate surface area is 243 Å². The first kappa shape index (κ1) is 29.8. The molecule has 4 rings (SSSR count). The van der Waals surface area contributed by atoms with Crippen molar-refractivity contribution in [3.63, 3.8) is 0 Å². The molecule has 0 aliphatic carbocycles. The Bertz CT molecular complexity index is 1410. The number of hydrogen-bond acceptors (Lipinski definition) is 5. The van der Waals surface area contributed by atoms with Crippen molar-refractivity contribution in [1.82, 2.24) is 5.43 Å². The maximum Gasteiger partial charge on any atom is 0.339 e. The summed E-state index contributed by atoms with van der Waals surface area (Å²) in [6, 6.07) is 17.3. The van der Waals surface area contributed by atoms with E-state index < -0.39 is 17.8 Å². The fourth-order valence-corrected chi connectivity index (χ4v) is 5.42. The summed E-state index contributed by atoms with van der Waals surface area (Å²) < 4.78 is 13.2. The lowest BCUT2D eigenvalue weighted by Crippen LogP contribution is -2.33. The van der Waals surface area contributed by atoms with Crippen LogP contribution in [0.15, 0.2) is 76.7 Å². The number of hydrazone groups is 1. The minimum absolute atomic E-state index is 0.162. The highest BCUT2D eigenvalue weighted by atomic mass is 32.2. The third-order valence-corrected chi connectivity index (χ3v) is 7.67.